The summed E-state index contributed by atoms with van der Waals surface area (Å²) in [4.78, 5) is 0. The first-order valence-corrected chi connectivity index (χ1v) is 4.25. The van der Waals surface area contributed by atoms with Gasteiger partial charge in [-0.15, -0.1) is 0 Å². The average Bonchev–Trinajstić information content (AvgIpc) is 2.32. The Kier molecular flexibility index (Phi) is 1.65. The Labute approximate surface area is 76.2 Å². The molecule has 13 heavy (non-hydrogen) atoms. The van der Waals surface area contributed by atoms with Gasteiger partial charge in [0.25, 0.3) is 0 Å². The van der Waals surface area contributed by atoms with Gasteiger partial charge >= 0.3 is 0 Å². The van der Waals surface area contributed by atoms with E-state index in [0.717, 1.165) is 27.9 Å². The molecule has 1 aromatic heterocycles. The smallest absolute Gasteiger partial charge is 0.137 e. The third kappa shape index (κ3) is 1.13. The predicted octanol–water partition coefficient (Wildman–Crippen LogP) is 3.50. The van der Waals surface area contributed by atoms with E-state index in [1.165, 1.54) is 12.1 Å². The Balaban J connectivity index is 2.94. The van der Waals surface area contributed by atoms with Crippen molar-refractivity contribution < 1.29 is 8.81 Å². The van der Waals surface area contributed by atoms with E-state index in [-0.39, 0.29) is 5.82 Å². The molecule has 2 aromatic rings. The number of furan rings is 1. The number of hydrogen-bond donors (Lipinski definition) is 0. The molecule has 0 atom stereocenters. The molecule has 2 rings (SSSR count). The number of aryl methyl sites for hydroxylation is 3. The molecule has 0 radical (unpaired) electrons. The van der Waals surface area contributed by atoms with Crippen molar-refractivity contribution in [3.05, 3.63) is 34.8 Å². The predicted molar refractivity (Wildman–Crippen MR) is 50.4 cm³/mol. The van der Waals surface area contributed by atoms with Gasteiger partial charge in [0.1, 0.15) is 17.2 Å². The van der Waals surface area contributed by atoms with Crippen molar-refractivity contribution in [3.63, 3.8) is 0 Å². The Bertz CT molecular complexity index is 468. The molecular weight excluding hydrogens is 167 g/mol. The minimum atomic E-state index is -0.200. The number of halogens is 1. The van der Waals surface area contributed by atoms with Crippen molar-refractivity contribution in [1.82, 2.24) is 0 Å². The van der Waals surface area contributed by atoms with Crippen LogP contribution in [-0.2, 0) is 0 Å². The molecule has 0 N–H and O–H groups in total. The molecule has 1 nitrogen and oxygen atoms in total. The third-order valence-corrected chi connectivity index (χ3v) is 2.43. The molecule has 68 valence electrons. The van der Waals surface area contributed by atoms with E-state index in [9.17, 15) is 4.39 Å². The average molecular weight is 178 g/mol. The number of hydrogen-bond acceptors (Lipinski definition) is 1. The second-order valence-corrected chi connectivity index (χ2v) is 3.38. The molecular formula is C11H11FO. The first-order valence-electron chi connectivity index (χ1n) is 4.25. The van der Waals surface area contributed by atoms with Crippen molar-refractivity contribution in [2.75, 3.05) is 0 Å². The van der Waals surface area contributed by atoms with Gasteiger partial charge in [-0.05, 0) is 44.0 Å². The molecule has 0 aliphatic rings. The quantitative estimate of drug-likeness (QED) is 0.601. The number of fused-ring (bicyclic) bond motifs is 1. The molecule has 0 saturated heterocycles. The topological polar surface area (TPSA) is 13.1 Å². The van der Waals surface area contributed by atoms with Crippen LogP contribution >= 0.6 is 0 Å². The van der Waals surface area contributed by atoms with Crippen LogP contribution in [0.15, 0.2) is 16.5 Å². The molecule has 1 aromatic carbocycles. The van der Waals surface area contributed by atoms with Crippen LogP contribution in [-0.4, -0.2) is 0 Å². The van der Waals surface area contributed by atoms with E-state index in [2.05, 4.69) is 0 Å². The van der Waals surface area contributed by atoms with Crippen LogP contribution in [0.1, 0.15) is 16.9 Å². The fourth-order valence-electron chi connectivity index (χ4n) is 1.56. The molecule has 0 saturated carbocycles. The van der Waals surface area contributed by atoms with E-state index in [1.54, 1.807) is 0 Å². The van der Waals surface area contributed by atoms with Crippen LogP contribution in [0.3, 0.4) is 0 Å². The first-order chi connectivity index (χ1) is 6.09. The molecule has 0 fully saturated rings. The lowest BCUT2D eigenvalue weighted by molar-refractivity contribution is 0.571. The Morgan fingerprint density at radius 3 is 2.54 bits per heavy atom. The van der Waals surface area contributed by atoms with Gasteiger partial charge in [0, 0.05) is 5.39 Å². The molecule has 0 aliphatic heterocycles. The highest BCUT2D eigenvalue weighted by Crippen LogP contribution is 2.27. The number of rotatable bonds is 0. The zero-order valence-corrected chi connectivity index (χ0v) is 7.94. The highest BCUT2D eigenvalue weighted by atomic mass is 19.1. The minimum absolute atomic E-state index is 0.200. The highest BCUT2D eigenvalue weighted by Gasteiger charge is 2.09. The fourth-order valence-corrected chi connectivity index (χ4v) is 1.56. The monoisotopic (exact) mass is 178 g/mol. The first kappa shape index (κ1) is 8.30. The lowest BCUT2D eigenvalue weighted by Crippen LogP contribution is -1.79. The molecule has 1 heterocycles. The van der Waals surface area contributed by atoms with Crippen molar-refractivity contribution in [3.8, 4) is 0 Å². The fraction of sp³-hybridized carbons (Fsp3) is 0.273. The van der Waals surface area contributed by atoms with Crippen molar-refractivity contribution in [2.24, 2.45) is 0 Å². The van der Waals surface area contributed by atoms with Crippen LogP contribution in [0, 0.1) is 26.6 Å². The summed E-state index contributed by atoms with van der Waals surface area (Å²) in [5, 5.41) is 0.884. The summed E-state index contributed by atoms with van der Waals surface area (Å²) in [6, 6.07) is 3.01. The lowest BCUT2D eigenvalue weighted by Gasteiger charge is -1.94. The SMILES string of the molecule is Cc1oc2c(C)cc(F)cc2c1C. The van der Waals surface area contributed by atoms with Crippen LogP contribution in [0.4, 0.5) is 4.39 Å². The van der Waals surface area contributed by atoms with E-state index >= 15 is 0 Å². The zero-order valence-electron chi connectivity index (χ0n) is 7.94. The summed E-state index contributed by atoms with van der Waals surface area (Å²) in [6.07, 6.45) is 0. The number of benzene rings is 1. The van der Waals surface area contributed by atoms with Crippen LogP contribution in [0.25, 0.3) is 11.0 Å². The molecule has 0 amide bonds. The van der Waals surface area contributed by atoms with Gasteiger partial charge in [-0.3, -0.25) is 0 Å². The Hall–Kier alpha value is -1.31. The summed E-state index contributed by atoms with van der Waals surface area (Å²) < 4.78 is 18.6. The van der Waals surface area contributed by atoms with Gasteiger partial charge in [-0.25, -0.2) is 4.39 Å². The van der Waals surface area contributed by atoms with Gasteiger partial charge in [0.2, 0.25) is 0 Å². The summed E-state index contributed by atoms with van der Waals surface area (Å²) >= 11 is 0. The van der Waals surface area contributed by atoms with Crippen LogP contribution in [0.5, 0.6) is 0 Å². The maximum atomic E-state index is 13.0. The van der Waals surface area contributed by atoms with Gasteiger partial charge in [0.05, 0.1) is 0 Å². The van der Waals surface area contributed by atoms with Gasteiger partial charge in [0.15, 0.2) is 0 Å². The van der Waals surface area contributed by atoms with Gasteiger partial charge in [-0.2, -0.15) is 0 Å². The zero-order chi connectivity index (χ0) is 9.59. The van der Waals surface area contributed by atoms with E-state index in [4.69, 9.17) is 4.42 Å². The van der Waals surface area contributed by atoms with Crippen molar-refractivity contribution in [2.45, 2.75) is 20.8 Å². The second kappa shape index (κ2) is 2.59. The summed E-state index contributed by atoms with van der Waals surface area (Å²) in [6.45, 7) is 5.69. The Morgan fingerprint density at radius 2 is 1.85 bits per heavy atom. The molecule has 2 heteroatoms. The largest absolute Gasteiger partial charge is 0.461 e. The third-order valence-electron chi connectivity index (χ3n) is 2.43. The van der Waals surface area contributed by atoms with E-state index < -0.39 is 0 Å². The summed E-state index contributed by atoms with van der Waals surface area (Å²) in [5.41, 5.74) is 2.68. The molecule has 0 spiro atoms. The van der Waals surface area contributed by atoms with E-state index in [0.29, 0.717) is 0 Å². The maximum Gasteiger partial charge on any atom is 0.137 e. The van der Waals surface area contributed by atoms with Crippen LogP contribution in [0.2, 0.25) is 0 Å². The summed E-state index contributed by atoms with van der Waals surface area (Å²) in [7, 11) is 0. The minimum Gasteiger partial charge on any atom is -0.461 e. The van der Waals surface area contributed by atoms with E-state index in [1.807, 2.05) is 20.8 Å². The standard InChI is InChI=1S/C11H11FO/c1-6-4-9(12)5-10-7(2)8(3)13-11(6)10/h4-5H,1-3H3. The van der Waals surface area contributed by atoms with Crippen molar-refractivity contribution in [1.29, 1.82) is 0 Å². The molecule has 0 aliphatic carbocycles. The summed E-state index contributed by atoms with van der Waals surface area (Å²) in [5.74, 6) is 0.664. The molecule has 0 bridgehead atoms. The second-order valence-electron chi connectivity index (χ2n) is 3.38. The normalized spacial score (nSPS) is 11.1. The maximum absolute atomic E-state index is 13.0. The molecule has 0 unspecified atom stereocenters. The highest BCUT2D eigenvalue weighted by molar-refractivity contribution is 5.84. The lowest BCUT2D eigenvalue weighted by atomic mass is 10.1. The van der Waals surface area contributed by atoms with Crippen molar-refractivity contribution >= 4 is 11.0 Å². The van der Waals surface area contributed by atoms with Crippen LogP contribution < -0.4 is 0 Å². The Morgan fingerprint density at radius 1 is 1.15 bits per heavy atom. The van der Waals surface area contributed by atoms with Gasteiger partial charge < -0.3 is 4.42 Å². The van der Waals surface area contributed by atoms with Gasteiger partial charge in [-0.1, -0.05) is 0 Å².